The summed E-state index contributed by atoms with van der Waals surface area (Å²) in [6, 6.07) is 2.47. The number of halogens is 1. The third kappa shape index (κ3) is 3.69. The van der Waals surface area contributed by atoms with Gasteiger partial charge in [-0.25, -0.2) is 18.1 Å². The van der Waals surface area contributed by atoms with Crippen molar-refractivity contribution in [1.29, 1.82) is 0 Å². The first-order valence-corrected chi connectivity index (χ1v) is 9.21. The topological polar surface area (TPSA) is 102 Å². The van der Waals surface area contributed by atoms with E-state index in [0.29, 0.717) is 10.6 Å². The molecule has 0 aliphatic carbocycles. The number of benzene rings is 1. The van der Waals surface area contributed by atoms with Crippen molar-refractivity contribution in [3.05, 3.63) is 48.4 Å². The highest BCUT2D eigenvalue weighted by Gasteiger charge is 2.23. The highest BCUT2D eigenvalue weighted by molar-refractivity contribution is 9.10. The standard InChI is InChI=1S/C12H12BrN3O4S2/c1-7-3-9(13)10(16(17)18)4-11(7)22(19,20)14-5-12-15-8(2)6-21-12/h3-4,6,14H,5H2,1-2H3. The van der Waals surface area contributed by atoms with Gasteiger partial charge in [-0.15, -0.1) is 11.3 Å². The van der Waals surface area contributed by atoms with Crippen LogP contribution in [0.1, 0.15) is 16.3 Å². The van der Waals surface area contributed by atoms with Crippen molar-refractivity contribution in [3.8, 4) is 0 Å². The lowest BCUT2D eigenvalue weighted by molar-refractivity contribution is -0.385. The van der Waals surface area contributed by atoms with Crippen LogP contribution in [-0.4, -0.2) is 18.3 Å². The first-order chi connectivity index (χ1) is 10.2. The molecule has 0 unspecified atom stereocenters. The molecule has 2 aromatic rings. The number of sulfonamides is 1. The lowest BCUT2D eigenvalue weighted by Crippen LogP contribution is -2.24. The fourth-order valence-corrected chi connectivity index (χ4v) is 4.43. The molecule has 0 amide bonds. The number of hydrogen-bond acceptors (Lipinski definition) is 6. The predicted molar refractivity (Wildman–Crippen MR) is 86.4 cm³/mol. The van der Waals surface area contributed by atoms with Gasteiger partial charge in [0.25, 0.3) is 5.69 Å². The van der Waals surface area contributed by atoms with Gasteiger partial charge in [0.1, 0.15) is 5.01 Å². The Bertz CT molecular complexity index is 833. The second-order valence-corrected chi connectivity index (χ2v) is 8.07. The zero-order valence-electron chi connectivity index (χ0n) is 11.7. The van der Waals surface area contributed by atoms with Crippen LogP contribution < -0.4 is 4.72 Å². The summed E-state index contributed by atoms with van der Waals surface area (Å²) in [4.78, 5) is 14.4. The van der Waals surface area contributed by atoms with Crippen molar-refractivity contribution < 1.29 is 13.3 Å². The predicted octanol–water partition coefficient (Wildman–Crippen LogP) is 2.91. The Hall–Kier alpha value is -1.36. The summed E-state index contributed by atoms with van der Waals surface area (Å²) in [6.45, 7) is 3.44. The Labute approximate surface area is 139 Å². The fourth-order valence-electron chi connectivity index (χ4n) is 1.79. The van der Waals surface area contributed by atoms with E-state index in [4.69, 9.17) is 0 Å². The average Bonchev–Trinajstić information content (AvgIpc) is 2.81. The van der Waals surface area contributed by atoms with Gasteiger partial charge < -0.3 is 0 Å². The first-order valence-electron chi connectivity index (χ1n) is 6.06. The van der Waals surface area contributed by atoms with Crippen LogP contribution in [0, 0.1) is 24.0 Å². The molecular weight excluding hydrogens is 394 g/mol. The summed E-state index contributed by atoms with van der Waals surface area (Å²) in [5.74, 6) is 0. The number of rotatable bonds is 5. The lowest BCUT2D eigenvalue weighted by Gasteiger charge is -2.09. The number of nitrogens with one attached hydrogen (secondary N) is 1. The fraction of sp³-hybridized carbons (Fsp3) is 0.250. The summed E-state index contributed by atoms with van der Waals surface area (Å²) in [5, 5.41) is 13.4. The van der Waals surface area contributed by atoms with Gasteiger partial charge in [-0.2, -0.15) is 0 Å². The average molecular weight is 406 g/mol. The molecule has 22 heavy (non-hydrogen) atoms. The molecule has 0 atom stereocenters. The van der Waals surface area contributed by atoms with Crippen LogP contribution in [0.25, 0.3) is 0 Å². The number of aromatic nitrogens is 1. The summed E-state index contributed by atoms with van der Waals surface area (Å²) >= 11 is 4.41. The largest absolute Gasteiger partial charge is 0.284 e. The molecule has 0 saturated heterocycles. The SMILES string of the molecule is Cc1csc(CNS(=O)(=O)c2cc([N+](=O)[O-])c(Br)cc2C)n1. The normalized spacial score (nSPS) is 11.6. The van der Waals surface area contributed by atoms with Crippen LogP contribution in [0.2, 0.25) is 0 Å². The number of aryl methyl sites for hydroxylation is 2. The molecular formula is C12H12BrN3O4S2. The lowest BCUT2D eigenvalue weighted by atomic mass is 10.2. The molecule has 0 fully saturated rings. The maximum atomic E-state index is 12.3. The smallest absolute Gasteiger partial charge is 0.258 e. The second kappa shape index (κ2) is 6.41. The molecule has 0 radical (unpaired) electrons. The third-order valence-electron chi connectivity index (χ3n) is 2.81. The van der Waals surface area contributed by atoms with Crippen molar-refractivity contribution in [2.45, 2.75) is 25.3 Å². The molecule has 0 aliphatic rings. The van der Waals surface area contributed by atoms with Gasteiger partial charge in [0.05, 0.1) is 20.8 Å². The number of hydrogen-bond donors (Lipinski definition) is 1. The van der Waals surface area contributed by atoms with Crippen molar-refractivity contribution in [2.24, 2.45) is 0 Å². The maximum Gasteiger partial charge on any atom is 0.284 e. The van der Waals surface area contributed by atoms with Crippen LogP contribution in [0.4, 0.5) is 5.69 Å². The molecule has 1 aromatic carbocycles. The van der Waals surface area contributed by atoms with E-state index in [2.05, 4.69) is 25.6 Å². The highest BCUT2D eigenvalue weighted by Crippen LogP contribution is 2.30. The number of thiazole rings is 1. The summed E-state index contributed by atoms with van der Waals surface area (Å²) in [5.41, 5.74) is 0.936. The molecule has 10 heteroatoms. The molecule has 118 valence electrons. The van der Waals surface area contributed by atoms with Crippen molar-refractivity contribution in [1.82, 2.24) is 9.71 Å². The van der Waals surface area contributed by atoms with E-state index in [0.717, 1.165) is 11.8 Å². The third-order valence-corrected chi connectivity index (χ3v) is 5.96. The molecule has 2 rings (SSSR count). The van der Waals surface area contributed by atoms with Gasteiger partial charge in [-0.3, -0.25) is 10.1 Å². The molecule has 1 aromatic heterocycles. The van der Waals surface area contributed by atoms with Crippen LogP contribution in [0.5, 0.6) is 0 Å². The molecule has 7 nitrogen and oxygen atoms in total. The van der Waals surface area contributed by atoms with E-state index in [9.17, 15) is 18.5 Å². The Morgan fingerprint density at radius 3 is 2.64 bits per heavy atom. The minimum atomic E-state index is -3.86. The second-order valence-electron chi connectivity index (χ2n) is 4.53. The Morgan fingerprint density at radius 2 is 2.09 bits per heavy atom. The van der Waals surface area contributed by atoms with Gasteiger partial charge in [-0.05, 0) is 41.4 Å². The van der Waals surface area contributed by atoms with E-state index < -0.39 is 14.9 Å². The van der Waals surface area contributed by atoms with Crippen molar-refractivity contribution >= 4 is 43.0 Å². The van der Waals surface area contributed by atoms with E-state index in [1.54, 1.807) is 6.92 Å². The van der Waals surface area contributed by atoms with E-state index in [-0.39, 0.29) is 21.6 Å². The summed E-state index contributed by atoms with van der Waals surface area (Å²) < 4.78 is 27.3. The highest BCUT2D eigenvalue weighted by atomic mass is 79.9. The first kappa shape index (κ1) is 17.0. The Balaban J connectivity index is 2.32. The zero-order valence-corrected chi connectivity index (χ0v) is 14.9. The van der Waals surface area contributed by atoms with Gasteiger partial charge in [-0.1, -0.05) is 0 Å². The number of nitrogens with zero attached hydrogens (tertiary/aromatic N) is 2. The van der Waals surface area contributed by atoms with Crippen LogP contribution >= 0.6 is 27.3 Å². The minimum Gasteiger partial charge on any atom is -0.258 e. The van der Waals surface area contributed by atoms with Crippen LogP contribution in [0.3, 0.4) is 0 Å². The van der Waals surface area contributed by atoms with E-state index >= 15 is 0 Å². The monoisotopic (exact) mass is 405 g/mol. The van der Waals surface area contributed by atoms with Crippen LogP contribution in [0.15, 0.2) is 26.9 Å². The van der Waals surface area contributed by atoms with Gasteiger partial charge in [0.15, 0.2) is 0 Å². The number of nitro benzene ring substituents is 1. The quantitative estimate of drug-likeness (QED) is 0.608. The Kier molecular flexibility index (Phi) is 4.95. The van der Waals surface area contributed by atoms with Crippen molar-refractivity contribution in [2.75, 3.05) is 0 Å². The van der Waals surface area contributed by atoms with Crippen molar-refractivity contribution in [3.63, 3.8) is 0 Å². The Morgan fingerprint density at radius 1 is 1.41 bits per heavy atom. The molecule has 1 heterocycles. The van der Waals surface area contributed by atoms with E-state index in [1.807, 2.05) is 12.3 Å². The molecule has 0 spiro atoms. The summed E-state index contributed by atoms with van der Waals surface area (Å²) in [7, 11) is -3.86. The van der Waals surface area contributed by atoms with E-state index in [1.165, 1.54) is 17.4 Å². The van der Waals surface area contributed by atoms with Gasteiger partial charge >= 0.3 is 0 Å². The van der Waals surface area contributed by atoms with Crippen LogP contribution in [-0.2, 0) is 16.6 Å². The van der Waals surface area contributed by atoms with Gasteiger partial charge in [0, 0.05) is 17.1 Å². The number of nitro groups is 1. The zero-order chi connectivity index (χ0) is 16.5. The molecule has 1 N–H and O–H groups in total. The molecule has 0 aliphatic heterocycles. The molecule has 0 saturated carbocycles. The molecule has 0 bridgehead atoms. The minimum absolute atomic E-state index is 0.0458. The van der Waals surface area contributed by atoms with Gasteiger partial charge in [0.2, 0.25) is 10.0 Å². The maximum absolute atomic E-state index is 12.3. The summed E-state index contributed by atoms with van der Waals surface area (Å²) in [6.07, 6.45) is 0.